The molecule has 0 saturated carbocycles. The Hall–Kier alpha value is -2.79. The molecule has 0 aliphatic rings. The fourth-order valence-corrected chi connectivity index (χ4v) is 2.12. The maximum absolute atomic E-state index is 11.9. The van der Waals surface area contributed by atoms with Gasteiger partial charge in [-0.05, 0) is 30.3 Å². The molecule has 3 aromatic rings. The second-order valence-corrected chi connectivity index (χ2v) is 4.99. The Morgan fingerprint density at radius 3 is 2.86 bits per heavy atom. The number of hydrazone groups is 1. The van der Waals surface area contributed by atoms with Crippen molar-refractivity contribution in [2.75, 3.05) is 0 Å². The minimum absolute atomic E-state index is 0.0196. The summed E-state index contributed by atoms with van der Waals surface area (Å²) in [5, 5.41) is 14.7. The van der Waals surface area contributed by atoms with Gasteiger partial charge in [0, 0.05) is 16.0 Å². The number of carbonyl (C=O) groups is 1. The summed E-state index contributed by atoms with van der Waals surface area (Å²) < 4.78 is 5.42. The molecule has 0 radical (unpaired) electrons. The second-order valence-electron chi connectivity index (χ2n) is 4.55. The number of rotatable bonds is 3. The van der Waals surface area contributed by atoms with Crippen LogP contribution in [-0.2, 0) is 0 Å². The summed E-state index contributed by atoms with van der Waals surface area (Å²) in [5.74, 6) is -0.297. The van der Waals surface area contributed by atoms with Crippen molar-refractivity contribution in [2.24, 2.45) is 5.10 Å². The molecular weight excluding hydrogens is 304 g/mol. The largest absolute Gasteiger partial charge is 0.507 e. The van der Waals surface area contributed by atoms with Gasteiger partial charge in [0.2, 0.25) is 0 Å². The Bertz CT molecular complexity index is 838. The van der Waals surface area contributed by atoms with E-state index in [1.807, 2.05) is 18.2 Å². The first-order valence-corrected chi connectivity index (χ1v) is 6.82. The lowest BCUT2D eigenvalue weighted by Gasteiger charge is -1.99. The van der Waals surface area contributed by atoms with Crippen molar-refractivity contribution in [3.63, 3.8) is 0 Å². The topological polar surface area (TPSA) is 74.8 Å². The summed E-state index contributed by atoms with van der Waals surface area (Å²) in [6.07, 6.45) is 1.31. The van der Waals surface area contributed by atoms with Crippen molar-refractivity contribution in [1.29, 1.82) is 0 Å². The van der Waals surface area contributed by atoms with Gasteiger partial charge in [0.05, 0.1) is 6.21 Å². The molecule has 0 atom stereocenters. The lowest BCUT2D eigenvalue weighted by molar-refractivity contribution is 0.0929. The maximum atomic E-state index is 11.9. The first kappa shape index (κ1) is 14.2. The molecule has 3 rings (SSSR count). The molecule has 6 heteroatoms. The summed E-state index contributed by atoms with van der Waals surface area (Å²) in [6.45, 7) is 0. The van der Waals surface area contributed by atoms with E-state index < -0.39 is 5.91 Å². The van der Waals surface area contributed by atoms with Crippen LogP contribution in [-0.4, -0.2) is 17.2 Å². The Morgan fingerprint density at radius 1 is 1.23 bits per heavy atom. The third kappa shape index (κ3) is 2.94. The molecule has 0 aliphatic carbocycles. The van der Waals surface area contributed by atoms with Gasteiger partial charge in [-0.3, -0.25) is 4.79 Å². The van der Waals surface area contributed by atoms with Crippen molar-refractivity contribution in [1.82, 2.24) is 5.43 Å². The van der Waals surface area contributed by atoms with E-state index in [1.54, 1.807) is 18.2 Å². The quantitative estimate of drug-likeness (QED) is 0.573. The van der Waals surface area contributed by atoms with Crippen molar-refractivity contribution >= 4 is 34.7 Å². The molecule has 2 N–H and O–H groups in total. The van der Waals surface area contributed by atoms with Crippen LogP contribution in [0.1, 0.15) is 16.1 Å². The van der Waals surface area contributed by atoms with Crippen molar-refractivity contribution in [2.45, 2.75) is 0 Å². The minimum atomic E-state index is -0.478. The molecule has 5 nitrogen and oxygen atoms in total. The number of carbonyl (C=O) groups excluding carboxylic acids is 1. The monoisotopic (exact) mass is 314 g/mol. The van der Waals surface area contributed by atoms with Crippen LogP contribution in [0, 0.1) is 0 Å². The highest BCUT2D eigenvalue weighted by molar-refractivity contribution is 6.30. The zero-order valence-electron chi connectivity index (χ0n) is 11.3. The third-order valence-corrected chi connectivity index (χ3v) is 3.24. The fraction of sp³-hybridized carbons (Fsp3) is 0. The van der Waals surface area contributed by atoms with E-state index >= 15 is 0 Å². The molecule has 0 aliphatic heterocycles. The average Bonchev–Trinajstić information content (AvgIpc) is 2.94. The number of aromatic hydroxyl groups is 1. The Kier molecular flexibility index (Phi) is 3.80. The number of fused-ring (bicyclic) bond motifs is 1. The number of amides is 1. The summed E-state index contributed by atoms with van der Waals surface area (Å²) in [7, 11) is 0. The van der Waals surface area contributed by atoms with Gasteiger partial charge in [0.15, 0.2) is 5.76 Å². The van der Waals surface area contributed by atoms with Gasteiger partial charge in [0.25, 0.3) is 0 Å². The van der Waals surface area contributed by atoms with Crippen LogP contribution in [0.3, 0.4) is 0 Å². The lowest BCUT2D eigenvalue weighted by Crippen LogP contribution is -2.16. The molecule has 1 aromatic heterocycles. The number of phenolic OH excluding ortho intramolecular Hbond substituents is 1. The summed E-state index contributed by atoms with van der Waals surface area (Å²) in [4.78, 5) is 11.9. The molecule has 0 bridgehead atoms. The van der Waals surface area contributed by atoms with Crippen LogP contribution >= 0.6 is 11.6 Å². The maximum Gasteiger partial charge on any atom is 0.307 e. The van der Waals surface area contributed by atoms with Gasteiger partial charge in [-0.15, -0.1) is 0 Å². The Labute approximate surface area is 130 Å². The SMILES string of the molecule is O=C(N/N=C\c1cc(Cl)ccc1O)c1cc2ccccc2o1. The third-order valence-electron chi connectivity index (χ3n) is 3.01. The van der Waals surface area contributed by atoms with Gasteiger partial charge >= 0.3 is 5.91 Å². The highest BCUT2D eigenvalue weighted by Crippen LogP contribution is 2.20. The molecule has 0 fully saturated rings. The minimum Gasteiger partial charge on any atom is -0.507 e. The molecule has 0 spiro atoms. The average molecular weight is 315 g/mol. The Balaban J connectivity index is 1.74. The standard InChI is InChI=1S/C16H11ClN2O3/c17-12-5-6-13(20)11(7-12)9-18-19-16(21)15-8-10-3-1-2-4-14(10)22-15/h1-9,20H,(H,19,21)/b18-9-. The molecule has 110 valence electrons. The van der Waals surface area contributed by atoms with E-state index in [9.17, 15) is 9.90 Å². The smallest absolute Gasteiger partial charge is 0.307 e. The van der Waals surface area contributed by atoms with E-state index in [-0.39, 0.29) is 11.5 Å². The van der Waals surface area contributed by atoms with Crippen molar-refractivity contribution < 1.29 is 14.3 Å². The number of para-hydroxylation sites is 1. The van der Waals surface area contributed by atoms with Crippen LogP contribution in [0.2, 0.25) is 5.02 Å². The van der Waals surface area contributed by atoms with Crippen LogP contribution in [0.5, 0.6) is 5.75 Å². The summed E-state index contributed by atoms with van der Waals surface area (Å²) in [6, 6.07) is 13.5. The normalized spacial score (nSPS) is 11.1. The van der Waals surface area contributed by atoms with Crippen LogP contribution in [0.4, 0.5) is 0 Å². The first-order chi connectivity index (χ1) is 10.6. The van der Waals surface area contributed by atoms with E-state index in [0.717, 1.165) is 5.39 Å². The first-order valence-electron chi connectivity index (χ1n) is 6.44. The van der Waals surface area contributed by atoms with Crippen LogP contribution in [0.15, 0.2) is 58.0 Å². The lowest BCUT2D eigenvalue weighted by atomic mass is 10.2. The zero-order chi connectivity index (χ0) is 15.5. The zero-order valence-corrected chi connectivity index (χ0v) is 12.0. The van der Waals surface area contributed by atoms with Gasteiger partial charge in [-0.2, -0.15) is 5.10 Å². The van der Waals surface area contributed by atoms with E-state index in [4.69, 9.17) is 16.0 Å². The van der Waals surface area contributed by atoms with E-state index in [0.29, 0.717) is 16.2 Å². The highest BCUT2D eigenvalue weighted by Gasteiger charge is 2.11. The summed E-state index contributed by atoms with van der Waals surface area (Å²) >= 11 is 5.82. The van der Waals surface area contributed by atoms with Crippen LogP contribution < -0.4 is 5.43 Å². The molecule has 0 unspecified atom stereocenters. The van der Waals surface area contributed by atoms with E-state index in [1.165, 1.54) is 18.3 Å². The van der Waals surface area contributed by atoms with E-state index in [2.05, 4.69) is 10.5 Å². The van der Waals surface area contributed by atoms with Crippen LogP contribution in [0.25, 0.3) is 11.0 Å². The number of hydrogen-bond acceptors (Lipinski definition) is 4. The predicted molar refractivity (Wildman–Crippen MR) is 84.4 cm³/mol. The number of hydrogen-bond donors (Lipinski definition) is 2. The molecule has 2 aromatic carbocycles. The number of nitrogens with one attached hydrogen (secondary N) is 1. The Morgan fingerprint density at radius 2 is 2.05 bits per heavy atom. The predicted octanol–water partition coefficient (Wildman–Crippen LogP) is 3.56. The fourth-order valence-electron chi connectivity index (χ4n) is 1.94. The molecule has 1 heterocycles. The molecule has 22 heavy (non-hydrogen) atoms. The summed E-state index contributed by atoms with van der Waals surface area (Å²) in [5.41, 5.74) is 3.37. The number of furan rings is 1. The molecule has 1 amide bonds. The van der Waals surface area contributed by atoms with Gasteiger partial charge < -0.3 is 9.52 Å². The van der Waals surface area contributed by atoms with Gasteiger partial charge in [-0.25, -0.2) is 5.43 Å². The molecule has 0 saturated heterocycles. The van der Waals surface area contributed by atoms with Gasteiger partial charge in [0.1, 0.15) is 11.3 Å². The number of nitrogens with zero attached hydrogens (tertiary/aromatic N) is 1. The number of benzene rings is 2. The highest BCUT2D eigenvalue weighted by atomic mass is 35.5. The van der Waals surface area contributed by atoms with Gasteiger partial charge in [-0.1, -0.05) is 29.8 Å². The van der Waals surface area contributed by atoms with Crippen molar-refractivity contribution in [3.8, 4) is 5.75 Å². The molecular formula is C16H11ClN2O3. The number of halogens is 1. The number of phenols is 1. The second kappa shape index (κ2) is 5.91. The van der Waals surface area contributed by atoms with Crippen molar-refractivity contribution in [3.05, 3.63) is 64.9 Å².